The van der Waals surface area contributed by atoms with Crippen molar-refractivity contribution in [2.45, 2.75) is 32.2 Å². The third-order valence-electron chi connectivity index (χ3n) is 3.74. The minimum atomic E-state index is -0.448. The highest BCUT2D eigenvalue weighted by Crippen LogP contribution is 2.28. The van der Waals surface area contributed by atoms with Gasteiger partial charge in [-0.15, -0.1) is 0 Å². The van der Waals surface area contributed by atoms with Gasteiger partial charge in [0.15, 0.2) is 6.61 Å². The fraction of sp³-hybridized carbons (Fsp3) is 0.467. The highest BCUT2D eigenvalue weighted by molar-refractivity contribution is 5.99. The minimum absolute atomic E-state index is 0.0178. The smallest absolute Gasteiger partial charge is 0.262 e. The number of nitrogens with one attached hydrogen (secondary N) is 2. The fourth-order valence-electron chi connectivity index (χ4n) is 2.14. The minimum Gasteiger partial charge on any atom is -0.482 e. The zero-order valence-electron chi connectivity index (χ0n) is 12.2. The maximum absolute atomic E-state index is 12.3. The summed E-state index contributed by atoms with van der Waals surface area (Å²) in [7, 11) is 0. The molecule has 21 heavy (non-hydrogen) atoms. The summed E-state index contributed by atoms with van der Waals surface area (Å²) in [6.45, 7) is 3.83. The molecular formula is C15H20N2O4. The summed E-state index contributed by atoms with van der Waals surface area (Å²) < 4.78 is 5.30. The number of carbonyl (C=O) groups excluding carboxylic acids is 2. The molecule has 1 aliphatic heterocycles. The molecule has 1 unspecified atom stereocenters. The zero-order chi connectivity index (χ0) is 15.5. The maximum atomic E-state index is 12.3. The van der Waals surface area contributed by atoms with Gasteiger partial charge in [0.1, 0.15) is 5.75 Å². The van der Waals surface area contributed by atoms with Crippen molar-refractivity contribution >= 4 is 17.5 Å². The number of anilines is 1. The molecular weight excluding hydrogens is 272 g/mol. The van der Waals surface area contributed by atoms with E-state index in [1.165, 1.54) is 0 Å². The molecule has 0 saturated carbocycles. The van der Waals surface area contributed by atoms with Gasteiger partial charge in [-0.1, -0.05) is 6.92 Å². The second kappa shape index (κ2) is 6.13. The first-order valence-electron chi connectivity index (χ1n) is 6.97. The molecule has 0 bridgehead atoms. The second-order valence-corrected chi connectivity index (χ2v) is 5.39. The second-order valence-electron chi connectivity index (χ2n) is 5.39. The van der Waals surface area contributed by atoms with Crippen LogP contribution in [0.1, 0.15) is 37.0 Å². The molecule has 0 aromatic heterocycles. The number of benzene rings is 1. The Bertz CT molecular complexity index is 559. The average molecular weight is 292 g/mol. The number of carbonyl (C=O) groups is 2. The van der Waals surface area contributed by atoms with E-state index in [0.29, 0.717) is 23.4 Å². The number of aliphatic hydroxyl groups excluding tert-OH is 1. The molecule has 3 N–H and O–H groups in total. The van der Waals surface area contributed by atoms with Gasteiger partial charge in [-0.05, 0) is 38.0 Å². The van der Waals surface area contributed by atoms with Gasteiger partial charge in [0, 0.05) is 17.7 Å². The Kier molecular flexibility index (Phi) is 4.47. The largest absolute Gasteiger partial charge is 0.482 e. The fourth-order valence-corrected chi connectivity index (χ4v) is 2.14. The van der Waals surface area contributed by atoms with Crippen LogP contribution in [0.2, 0.25) is 0 Å². The van der Waals surface area contributed by atoms with Crippen LogP contribution in [-0.2, 0) is 4.79 Å². The lowest BCUT2D eigenvalue weighted by Gasteiger charge is -2.29. The summed E-state index contributed by atoms with van der Waals surface area (Å²) in [5, 5.41) is 14.7. The number of hydrogen-bond donors (Lipinski definition) is 3. The summed E-state index contributed by atoms with van der Waals surface area (Å²) in [6.07, 6.45) is 1.21. The predicted octanol–water partition coefficient (Wildman–Crippen LogP) is 1.30. The molecule has 0 radical (unpaired) electrons. The van der Waals surface area contributed by atoms with Gasteiger partial charge in [0.25, 0.3) is 11.8 Å². The molecule has 6 heteroatoms. The summed E-state index contributed by atoms with van der Waals surface area (Å²) >= 11 is 0. The molecule has 114 valence electrons. The Morgan fingerprint density at radius 3 is 2.95 bits per heavy atom. The van der Waals surface area contributed by atoms with Crippen LogP contribution in [0, 0.1) is 0 Å². The summed E-state index contributed by atoms with van der Waals surface area (Å²) in [5.74, 6) is 0.0555. The maximum Gasteiger partial charge on any atom is 0.262 e. The standard InChI is InChI=1S/C15H20N2O4/c1-3-15(2,6-7-18)17-14(20)10-4-5-11-12(8-10)21-9-13(19)16-11/h4-5,8,18H,3,6-7,9H2,1-2H3,(H,16,19)(H,17,20). The predicted molar refractivity (Wildman–Crippen MR) is 78.4 cm³/mol. The van der Waals surface area contributed by atoms with Crippen LogP contribution in [0.5, 0.6) is 5.75 Å². The number of ether oxygens (including phenoxy) is 1. The number of fused-ring (bicyclic) bond motifs is 1. The monoisotopic (exact) mass is 292 g/mol. The van der Waals surface area contributed by atoms with E-state index in [4.69, 9.17) is 9.84 Å². The lowest BCUT2D eigenvalue weighted by Crippen LogP contribution is -2.46. The molecule has 0 aliphatic carbocycles. The van der Waals surface area contributed by atoms with Gasteiger partial charge in [-0.3, -0.25) is 9.59 Å². The number of aliphatic hydroxyl groups is 1. The molecule has 0 saturated heterocycles. The van der Waals surface area contributed by atoms with E-state index in [0.717, 1.165) is 6.42 Å². The highest BCUT2D eigenvalue weighted by Gasteiger charge is 2.25. The Balaban J connectivity index is 2.15. The molecule has 1 aromatic rings. The zero-order valence-corrected chi connectivity index (χ0v) is 12.2. The Morgan fingerprint density at radius 2 is 2.29 bits per heavy atom. The molecule has 1 aromatic carbocycles. The molecule has 1 aliphatic rings. The van der Waals surface area contributed by atoms with Crippen LogP contribution in [-0.4, -0.2) is 35.7 Å². The van der Waals surface area contributed by atoms with Crippen molar-refractivity contribution in [2.75, 3.05) is 18.5 Å². The lowest BCUT2D eigenvalue weighted by atomic mass is 9.94. The Morgan fingerprint density at radius 1 is 1.52 bits per heavy atom. The van der Waals surface area contributed by atoms with E-state index < -0.39 is 5.54 Å². The van der Waals surface area contributed by atoms with E-state index in [2.05, 4.69) is 10.6 Å². The van der Waals surface area contributed by atoms with Crippen molar-refractivity contribution < 1.29 is 19.4 Å². The van der Waals surface area contributed by atoms with E-state index in [1.807, 2.05) is 13.8 Å². The summed E-state index contributed by atoms with van der Waals surface area (Å²) in [6, 6.07) is 4.90. The van der Waals surface area contributed by atoms with Crippen LogP contribution >= 0.6 is 0 Å². The molecule has 1 heterocycles. The lowest BCUT2D eigenvalue weighted by molar-refractivity contribution is -0.118. The molecule has 0 fully saturated rings. The Labute approximate surface area is 123 Å². The van der Waals surface area contributed by atoms with Crippen molar-refractivity contribution in [1.82, 2.24) is 5.32 Å². The number of hydrogen-bond acceptors (Lipinski definition) is 4. The van der Waals surface area contributed by atoms with Crippen molar-refractivity contribution in [2.24, 2.45) is 0 Å². The van der Waals surface area contributed by atoms with Gasteiger partial charge in [-0.25, -0.2) is 0 Å². The quantitative estimate of drug-likeness (QED) is 0.763. The van der Waals surface area contributed by atoms with Gasteiger partial charge in [0.2, 0.25) is 0 Å². The summed E-state index contributed by atoms with van der Waals surface area (Å²) in [5.41, 5.74) is 0.579. The van der Waals surface area contributed by atoms with Gasteiger partial charge < -0.3 is 20.5 Å². The van der Waals surface area contributed by atoms with Crippen LogP contribution in [0.3, 0.4) is 0 Å². The highest BCUT2D eigenvalue weighted by atomic mass is 16.5. The molecule has 0 spiro atoms. The van der Waals surface area contributed by atoms with Crippen LogP contribution in [0.4, 0.5) is 5.69 Å². The van der Waals surface area contributed by atoms with Crippen LogP contribution in [0.15, 0.2) is 18.2 Å². The molecule has 2 amide bonds. The molecule has 6 nitrogen and oxygen atoms in total. The first-order valence-corrected chi connectivity index (χ1v) is 6.97. The SMILES string of the molecule is CCC(C)(CCO)NC(=O)c1ccc2c(c1)OCC(=O)N2. The van der Waals surface area contributed by atoms with E-state index >= 15 is 0 Å². The van der Waals surface area contributed by atoms with Crippen molar-refractivity contribution in [3.05, 3.63) is 23.8 Å². The number of amides is 2. The Hall–Kier alpha value is -2.08. The van der Waals surface area contributed by atoms with Crippen molar-refractivity contribution in [1.29, 1.82) is 0 Å². The topological polar surface area (TPSA) is 87.7 Å². The molecule has 1 atom stereocenters. The van der Waals surface area contributed by atoms with Crippen molar-refractivity contribution in [3.8, 4) is 5.75 Å². The molecule has 2 rings (SSSR count). The first-order chi connectivity index (χ1) is 9.97. The van der Waals surface area contributed by atoms with Gasteiger partial charge in [-0.2, -0.15) is 0 Å². The van der Waals surface area contributed by atoms with Gasteiger partial charge in [0.05, 0.1) is 5.69 Å². The third-order valence-corrected chi connectivity index (χ3v) is 3.74. The van der Waals surface area contributed by atoms with Crippen molar-refractivity contribution in [3.63, 3.8) is 0 Å². The number of rotatable bonds is 5. The first kappa shape index (κ1) is 15.3. The third kappa shape index (κ3) is 3.52. The van der Waals surface area contributed by atoms with Gasteiger partial charge >= 0.3 is 0 Å². The normalized spacial score (nSPS) is 16.2. The van der Waals surface area contributed by atoms with E-state index in [9.17, 15) is 9.59 Å². The van der Waals surface area contributed by atoms with E-state index in [-0.39, 0.29) is 25.0 Å². The average Bonchev–Trinajstić information content (AvgIpc) is 2.46. The van der Waals surface area contributed by atoms with E-state index in [1.54, 1.807) is 18.2 Å². The summed E-state index contributed by atoms with van der Waals surface area (Å²) in [4.78, 5) is 23.5. The van der Waals surface area contributed by atoms with Crippen LogP contribution in [0.25, 0.3) is 0 Å². The van der Waals surface area contributed by atoms with Crippen LogP contribution < -0.4 is 15.4 Å².